The first-order chi connectivity index (χ1) is 10.5. The number of hydrogen-bond acceptors (Lipinski definition) is 3. The van der Waals surface area contributed by atoms with Crippen LogP contribution in [0.4, 0.5) is 0 Å². The van der Waals surface area contributed by atoms with Gasteiger partial charge in [-0.1, -0.05) is 51.1 Å². The minimum Gasteiger partial charge on any atom is -0.376 e. The highest BCUT2D eigenvalue weighted by molar-refractivity contribution is 5.85. The summed E-state index contributed by atoms with van der Waals surface area (Å²) in [4.78, 5) is 14.5. The predicted molar refractivity (Wildman–Crippen MR) is 95.6 cm³/mol. The summed E-state index contributed by atoms with van der Waals surface area (Å²) < 4.78 is 5.84. The number of carbonyl (C=O) groups excluding carboxylic acids is 1. The zero-order valence-corrected chi connectivity index (χ0v) is 15.1. The van der Waals surface area contributed by atoms with Gasteiger partial charge in [-0.3, -0.25) is 4.79 Å². The molecule has 0 radical (unpaired) electrons. The summed E-state index contributed by atoms with van der Waals surface area (Å²) in [6.07, 6.45) is 1.10. The molecule has 0 saturated carbocycles. The van der Waals surface area contributed by atoms with Crippen molar-refractivity contribution in [2.24, 2.45) is 17.6 Å². The number of halogens is 1. The molecule has 1 saturated heterocycles. The minimum absolute atomic E-state index is 0. The van der Waals surface area contributed by atoms with Crippen molar-refractivity contribution >= 4 is 18.3 Å². The monoisotopic (exact) mass is 340 g/mol. The molecule has 1 aromatic carbocycles. The van der Waals surface area contributed by atoms with E-state index in [-0.39, 0.29) is 36.4 Å². The minimum atomic E-state index is -0.260. The second-order valence-electron chi connectivity index (χ2n) is 6.65. The van der Waals surface area contributed by atoms with Crippen LogP contribution >= 0.6 is 12.4 Å². The van der Waals surface area contributed by atoms with Crippen LogP contribution < -0.4 is 5.73 Å². The first kappa shape index (κ1) is 19.9. The van der Waals surface area contributed by atoms with Crippen LogP contribution in [-0.2, 0) is 9.53 Å². The van der Waals surface area contributed by atoms with Gasteiger partial charge in [-0.25, -0.2) is 0 Å². The van der Waals surface area contributed by atoms with Crippen molar-refractivity contribution < 1.29 is 9.53 Å². The number of rotatable bonds is 6. The van der Waals surface area contributed by atoms with Crippen molar-refractivity contribution in [3.05, 3.63) is 35.9 Å². The number of benzene rings is 1. The predicted octanol–water partition coefficient (Wildman–Crippen LogP) is 3.02. The van der Waals surface area contributed by atoms with Crippen molar-refractivity contribution in [2.75, 3.05) is 19.7 Å². The molecule has 3 atom stereocenters. The topological polar surface area (TPSA) is 55.6 Å². The molecule has 4 nitrogen and oxygen atoms in total. The molecule has 1 fully saturated rings. The molecule has 2 rings (SSSR count). The van der Waals surface area contributed by atoms with Gasteiger partial charge in [-0.15, -0.1) is 12.4 Å². The first-order valence-electron chi connectivity index (χ1n) is 8.20. The zero-order valence-electron chi connectivity index (χ0n) is 14.3. The van der Waals surface area contributed by atoms with Crippen LogP contribution in [0.1, 0.15) is 38.8 Å². The fourth-order valence-electron chi connectivity index (χ4n) is 2.80. The highest BCUT2D eigenvalue weighted by Gasteiger charge is 2.32. The zero-order chi connectivity index (χ0) is 16.1. The third kappa shape index (κ3) is 5.48. The molecule has 0 spiro atoms. The van der Waals surface area contributed by atoms with E-state index in [0.29, 0.717) is 12.5 Å². The average molecular weight is 341 g/mol. The van der Waals surface area contributed by atoms with Crippen molar-refractivity contribution in [3.8, 4) is 0 Å². The van der Waals surface area contributed by atoms with Gasteiger partial charge in [0.15, 0.2) is 0 Å². The van der Waals surface area contributed by atoms with Gasteiger partial charge in [0.25, 0.3) is 0 Å². The Labute approximate surface area is 145 Å². The Kier molecular flexibility index (Phi) is 8.03. The molecule has 1 heterocycles. The lowest BCUT2D eigenvalue weighted by molar-refractivity contribution is -0.135. The van der Waals surface area contributed by atoms with Crippen LogP contribution in [0, 0.1) is 11.8 Å². The van der Waals surface area contributed by atoms with Crippen LogP contribution in [0.2, 0.25) is 0 Å². The van der Waals surface area contributed by atoms with Gasteiger partial charge in [0, 0.05) is 25.7 Å². The third-order valence-electron chi connectivity index (χ3n) is 4.23. The molecule has 2 N–H and O–H groups in total. The van der Waals surface area contributed by atoms with E-state index >= 15 is 0 Å². The smallest absolute Gasteiger partial charge is 0.227 e. The molecule has 1 aromatic rings. The number of hydrogen-bond donors (Lipinski definition) is 1. The average Bonchev–Trinajstić information content (AvgIpc) is 3.00. The summed E-state index contributed by atoms with van der Waals surface area (Å²) in [6.45, 7) is 8.41. The molecular formula is C18H29ClN2O2. The van der Waals surface area contributed by atoms with Gasteiger partial charge in [-0.05, 0) is 17.9 Å². The Balaban J connectivity index is 0.00000264. The van der Waals surface area contributed by atoms with Crippen LogP contribution in [0.5, 0.6) is 0 Å². The quantitative estimate of drug-likeness (QED) is 0.866. The van der Waals surface area contributed by atoms with Crippen molar-refractivity contribution in [1.82, 2.24) is 4.90 Å². The van der Waals surface area contributed by atoms with Crippen LogP contribution in [0.3, 0.4) is 0 Å². The third-order valence-corrected chi connectivity index (χ3v) is 4.23. The van der Waals surface area contributed by atoms with Crippen molar-refractivity contribution in [1.29, 1.82) is 0 Å². The Morgan fingerprint density at radius 1 is 1.30 bits per heavy atom. The van der Waals surface area contributed by atoms with Crippen molar-refractivity contribution in [2.45, 2.75) is 39.3 Å². The van der Waals surface area contributed by atoms with Gasteiger partial charge in [0.05, 0.1) is 12.0 Å². The van der Waals surface area contributed by atoms with E-state index in [9.17, 15) is 4.79 Å². The number of amides is 1. The molecule has 0 aromatic heterocycles. The number of carbonyl (C=O) groups is 1. The molecule has 0 bridgehead atoms. The molecular weight excluding hydrogens is 312 g/mol. The van der Waals surface area contributed by atoms with E-state index in [2.05, 4.69) is 13.8 Å². The molecule has 130 valence electrons. The summed E-state index contributed by atoms with van der Waals surface area (Å²) in [5.41, 5.74) is 7.27. The lowest BCUT2D eigenvalue weighted by Gasteiger charge is -2.25. The van der Waals surface area contributed by atoms with E-state index in [4.69, 9.17) is 10.5 Å². The maximum atomic E-state index is 12.6. The maximum absolute atomic E-state index is 12.6. The molecule has 5 heteroatoms. The molecule has 1 amide bonds. The summed E-state index contributed by atoms with van der Waals surface area (Å²) in [5.74, 6) is 0.438. The fourth-order valence-corrected chi connectivity index (χ4v) is 2.80. The van der Waals surface area contributed by atoms with E-state index in [1.54, 1.807) is 0 Å². The van der Waals surface area contributed by atoms with Gasteiger partial charge in [0.2, 0.25) is 5.91 Å². The molecule has 1 aliphatic rings. The second-order valence-corrected chi connectivity index (χ2v) is 6.65. The molecule has 3 unspecified atom stereocenters. The van der Waals surface area contributed by atoms with Gasteiger partial charge in [-0.2, -0.15) is 0 Å². The van der Waals surface area contributed by atoms with Gasteiger partial charge >= 0.3 is 0 Å². The summed E-state index contributed by atoms with van der Waals surface area (Å²) in [7, 11) is 0. The van der Waals surface area contributed by atoms with E-state index in [1.165, 1.54) is 0 Å². The van der Waals surface area contributed by atoms with Crippen LogP contribution in [0.25, 0.3) is 0 Å². The Morgan fingerprint density at radius 3 is 2.57 bits per heavy atom. The fraction of sp³-hybridized carbons (Fsp3) is 0.611. The lowest BCUT2D eigenvalue weighted by Crippen LogP contribution is -2.38. The SMILES string of the molecule is CC(C)COC1CCN(C(=O)C(C)C(N)c2ccccc2)C1.Cl. The van der Waals surface area contributed by atoms with E-state index in [0.717, 1.165) is 25.1 Å². The molecule has 1 aliphatic heterocycles. The summed E-state index contributed by atoms with van der Waals surface area (Å²) >= 11 is 0. The van der Waals surface area contributed by atoms with Crippen molar-refractivity contribution in [3.63, 3.8) is 0 Å². The van der Waals surface area contributed by atoms with Crippen LogP contribution in [-0.4, -0.2) is 36.6 Å². The van der Waals surface area contributed by atoms with Gasteiger partial charge < -0.3 is 15.4 Å². The van der Waals surface area contributed by atoms with Gasteiger partial charge in [0.1, 0.15) is 0 Å². The summed E-state index contributed by atoms with van der Waals surface area (Å²) in [6, 6.07) is 9.57. The first-order valence-corrected chi connectivity index (χ1v) is 8.20. The highest BCUT2D eigenvalue weighted by atomic mass is 35.5. The number of nitrogens with two attached hydrogens (primary N) is 1. The second kappa shape index (κ2) is 9.26. The Bertz CT molecular complexity index is 481. The maximum Gasteiger partial charge on any atom is 0.227 e. The highest BCUT2D eigenvalue weighted by Crippen LogP contribution is 2.23. The number of likely N-dealkylation sites (tertiary alicyclic amines) is 1. The lowest BCUT2D eigenvalue weighted by atomic mass is 9.94. The number of nitrogens with zero attached hydrogens (tertiary/aromatic N) is 1. The van der Waals surface area contributed by atoms with E-state index in [1.807, 2.05) is 42.2 Å². The Morgan fingerprint density at radius 2 is 1.96 bits per heavy atom. The normalized spacial score (nSPS) is 20.2. The Hall–Kier alpha value is -1.10. The largest absolute Gasteiger partial charge is 0.376 e. The standard InChI is InChI=1S/C18H28N2O2.ClH/c1-13(2)12-22-16-9-10-20(11-16)18(21)14(3)17(19)15-7-5-4-6-8-15;/h4-8,13-14,16-17H,9-12,19H2,1-3H3;1H. The molecule has 0 aliphatic carbocycles. The van der Waals surface area contributed by atoms with E-state index < -0.39 is 0 Å². The number of ether oxygens (including phenoxy) is 1. The van der Waals surface area contributed by atoms with Crippen LogP contribution in [0.15, 0.2) is 30.3 Å². The summed E-state index contributed by atoms with van der Waals surface area (Å²) in [5, 5.41) is 0. The molecule has 23 heavy (non-hydrogen) atoms.